The van der Waals surface area contributed by atoms with Gasteiger partial charge < -0.3 is 5.73 Å². The minimum Gasteiger partial charge on any atom is -0.323 e. The second-order valence-electron chi connectivity index (χ2n) is 4.94. The van der Waals surface area contributed by atoms with Crippen LogP contribution >= 0.6 is 11.3 Å². The lowest BCUT2D eigenvalue weighted by Gasteiger charge is -2.34. The van der Waals surface area contributed by atoms with Gasteiger partial charge in [0.15, 0.2) is 0 Å². The fourth-order valence-corrected chi connectivity index (χ4v) is 3.92. The van der Waals surface area contributed by atoms with E-state index in [0.29, 0.717) is 5.92 Å². The molecule has 3 atom stereocenters. The second-order valence-corrected chi connectivity index (χ2v) is 5.83. The Morgan fingerprint density at radius 2 is 2.25 bits per heavy atom. The van der Waals surface area contributed by atoms with Crippen molar-refractivity contribution in [2.45, 2.75) is 52.0 Å². The lowest BCUT2D eigenvalue weighted by molar-refractivity contribution is 0.197. The molecule has 2 rings (SSSR count). The van der Waals surface area contributed by atoms with Crippen LogP contribution in [0.4, 0.5) is 0 Å². The molecule has 3 unspecified atom stereocenters. The molecule has 0 aliphatic heterocycles. The van der Waals surface area contributed by atoms with Crippen LogP contribution in [0, 0.1) is 18.8 Å². The molecular weight excluding hydrogens is 216 g/mol. The average molecular weight is 238 g/mol. The maximum atomic E-state index is 6.45. The van der Waals surface area contributed by atoms with Crippen LogP contribution in [-0.4, -0.2) is 4.98 Å². The first kappa shape index (κ1) is 12.1. The lowest BCUT2D eigenvalue weighted by Crippen LogP contribution is -2.30. The highest BCUT2D eigenvalue weighted by Gasteiger charge is 2.30. The molecule has 1 aliphatic rings. The van der Waals surface area contributed by atoms with Crippen molar-refractivity contribution in [2.24, 2.45) is 17.6 Å². The third-order valence-electron chi connectivity index (χ3n) is 4.04. The number of hydrogen-bond acceptors (Lipinski definition) is 3. The highest BCUT2D eigenvalue weighted by atomic mass is 32.1. The lowest BCUT2D eigenvalue weighted by atomic mass is 9.74. The van der Waals surface area contributed by atoms with E-state index in [4.69, 9.17) is 5.73 Å². The number of hydrogen-bond donors (Lipinski definition) is 1. The van der Waals surface area contributed by atoms with E-state index in [2.05, 4.69) is 18.8 Å². The first-order valence-electron chi connectivity index (χ1n) is 6.39. The maximum absolute atomic E-state index is 6.45. The van der Waals surface area contributed by atoms with Gasteiger partial charge in [-0.05, 0) is 25.2 Å². The summed E-state index contributed by atoms with van der Waals surface area (Å²) in [5.41, 5.74) is 9.51. The highest BCUT2D eigenvalue weighted by molar-refractivity contribution is 7.09. The Morgan fingerprint density at radius 1 is 1.50 bits per heavy atom. The predicted octanol–water partition coefficient (Wildman–Crippen LogP) is 3.67. The Kier molecular flexibility index (Phi) is 3.98. The second kappa shape index (κ2) is 5.28. The first-order valence-corrected chi connectivity index (χ1v) is 7.27. The van der Waals surface area contributed by atoms with E-state index in [1.54, 1.807) is 11.3 Å². The summed E-state index contributed by atoms with van der Waals surface area (Å²) in [5, 5.41) is 0. The van der Waals surface area contributed by atoms with Gasteiger partial charge in [-0.2, -0.15) is 0 Å². The van der Waals surface area contributed by atoms with Crippen molar-refractivity contribution >= 4 is 11.3 Å². The molecule has 1 fully saturated rings. The van der Waals surface area contributed by atoms with Gasteiger partial charge in [0.25, 0.3) is 0 Å². The van der Waals surface area contributed by atoms with Crippen LogP contribution in [0.15, 0.2) is 5.51 Å². The van der Waals surface area contributed by atoms with Crippen molar-refractivity contribution in [3.63, 3.8) is 0 Å². The molecule has 1 saturated carbocycles. The van der Waals surface area contributed by atoms with Crippen molar-refractivity contribution in [2.75, 3.05) is 0 Å². The molecule has 90 valence electrons. The Morgan fingerprint density at radius 3 is 2.88 bits per heavy atom. The van der Waals surface area contributed by atoms with E-state index in [9.17, 15) is 0 Å². The Bertz CT molecular complexity index is 334. The molecule has 1 heterocycles. The van der Waals surface area contributed by atoms with Crippen molar-refractivity contribution < 1.29 is 0 Å². The Balaban J connectivity index is 2.13. The summed E-state index contributed by atoms with van der Waals surface area (Å²) >= 11 is 1.73. The summed E-state index contributed by atoms with van der Waals surface area (Å²) < 4.78 is 0. The molecule has 1 aliphatic carbocycles. The van der Waals surface area contributed by atoms with Gasteiger partial charge in [0, 0.05) is 10.9 Å². The SMILES string of the molecule is CCC1CCCCC1C(N)c1scnc1C. The summed E-state index contributed by atoms with van der Waals surface area (Å²) in [5.74, 6) is 1.50. The van der Waals surface area contributed by atoms with Gasteiger partial charge in [0.1, 0.15) is 0 Å². The van der Waals surface area contributed by atoms with Crippen LogP contribution in [-0.2, 0) is 0 Å². The maximum Gasteiger partial charge on any atom is 0.0798 e. The summed E-state index contributed by atoms with van der Waals surface area (Å²) in [6.45, 7) is 4.38. The van der Waals surface area contributed by atoms with Gasteiger partial charge >= 0.3 is 0 Å². The van der Waals surface area contributed by atoms with Crippen molar-refractivity contribution in [3.8, 4) is 0 Å². The molecule has 0 amide bonds. The van der Waals surface area contributed by atoms with Crippen molar-refractivity contribution in [1.29, 1.82) is 0 Å². The number of nitrogens with two attached hydrogens (primary N) is 1. The number of aromatic nitrogens is 1. The Labute approximate surface area is 102 Å². The van der Waals surface area contributed by atoms with E-state index in [-0.39, 0.29) is 6.04 Å². The number of aryl methyl sites for hydroxylation is 1. The van der Waals surface area contributed by atoms with Crippen LogP contribution in [0.2, 0.25) is 0 Å². The Hall–Kier alpha value is -0.410. The van der Waals surface area contributed by atoms with Crippen LogP contribution in [0.1, 0.15) is 55.6 Å². The third kappa shape index (κ3) is 2.30. The quantitative estimate of drug-likeness (QED) is 0.872. The molecule has 0 aromatic carbocycles. The molecule has 16 heavy (non-hydrogen) atoms. The van der Waals surface area contributed by atoms with Gasteiger partial charge in [0.2, 0.25) is 0 Å². The monoisotopic (exact) mass is 238 g/mol. The first-order chi connectivity index (χ1) is 7.74. The molecule has 0 radical (unpaired) electrons. The molecule has 0 spiro atoms. The van der Waals surface area contributed by atoms with Crippen LogP contribution in [0.3, 0.4) is 0 Å². The molecule has 0 bridgehead atoms. The van der Waals surface area contributed by atoms with Gasteiger partial charge in [-0.25, -0.2) is 4.98 Å². The number of nitrogens with zero attached hydrogens (tertiary/aromatic N) is 1. The normalized spacial score (nSPS) is 27.9. The molecule has 2 N–H and O–H groups in total. The van der Waals surface area contributed by atoms with E-state index in [1.807, 2.05) is 5.51 Å². The number of thiazole rings is 1. The fraction of sp³-hybridized carbons (Fsp3) is 0.769. The van der Waals surface area contributed by atoms with Gasteiger partial charge in [-0.15, -0.1) is 11.3 Å². The molecule has 1 aromatic rings. The summed E-state index contributed by atoms with van der Waals surface area (Å²) in [6.07, 6.45) is 6.69. The van der Waals surface area contributed by atoms with Crippen LogP contribution in [0.5, 0.6) is 0 Å². The zero-order chi connectivity index (χ0) is 11.5. The zero-order valence-electron chi connectivity index (χ0n) is 10.3. The standard InChI is InChI=1S/C13H22N2S/c1-3-10-6-4-5-7-11(10)12(14)13-9(2)15-8-16-13/h8,10-12H,3-7,14H2,1-2H3. The predicted molar refractivity (Wildman–Crippen MR) is 69.5 cm³/mol. The molecule has 1 aromatic heterocycles. The molecule has 0 saturated heterocycles. The molecular formula is C13H22N2S. The van der Waals surface area contributed by atoms with Crippen molar-refractivity contribution in [3.05, 3.63) is 16.1 Å². The van der Waals surface area contributed by atoms with E-state index in [1.165, 1.54) is 37.0 Å². The van der Waals surface area contributed by atoms with E-state index < -0.39 is 0 Å². The van der Waals surface area contributed by atoms with Crippen molar-refractivity contribution in [1.82, 2.24) is 4.98 Å². The van der Waals surface area contributed by atoms with Crippen LogP contribution in [0.25, 0.3) is 0 Å². The minimum absolute atomic E-state index is 0.220. The van der Waals surface area contributed by atoms with Crippen LogP contribution < -0.4 is 5.73 Å². The molecule has 3 heteroatoms. The largest absolute Gasteiger partial charge is 0.323 e. The fourth-order valence-electron chi connectivity index (χ4n) is 3.04. The topological polar surface area (TPSA) is 38.9 Å². The summed E-state index contributed by atoms with van der Waals surface area (Å²) in [7, 11) is 0. The zero-order valence-corrected chi connectivity index (χ0v) is 11.1. The summed E-state index contributed by atoms with van der Waals surface area (Å²) in [6, 6.07) is 0.220. The third-order valence-corrected chi connectivity index (χ3v) is 5.07. The molecule has 2 nitrogen and oxygen atoms in total. The average Bonchev–Trinajstić information content (AvgIpc) is 2.74. The highest BCUT2D eigenvalue weighted by Crippen LogP contribution is 2.40. The van der Waals surface area contributed by atoms with Gasteiger partial charge in [-0.3, -0.25) is 0 Å². The minimum atomic E-state index is 0.220. The number of rotatable bonds is 3. The van der Waals surface area contributed by atoms with E-state index >= 15 is 0 Å². The van der Waals surface area contributed by atoms with Gasteiger partial charge in [-0.1, -0.05) is 32.6 Å². The van der Waals surface area contributed by atoms with Gasteiger partial charge in [0.05, 0.1) is 11.2 Å². The van der Waals surface area contributed by atoms with E-state index in [0.717, 1.165) is 11.6 Å². The smallest absolute Gasteiger partial charge is 0.0798 e. The summed E-state index contributed by atoms with van der Waals surface area (Å²) in [4.78, 5) is 5.63.